The predicted molar refractivity (Wildman–Crippen MR) is 71.8 cm³/mol. The highest BCUT2D eigenvalue weighted by Crippen LogP contribution is 2.18. The molecule has 1 heterocycles. The summed E-state index contributed by atoms with van der Waals surface area (Å²) in [4.78, 5) is 16.3. The van der Waals surface area contributed by atoms with Gasteiger partial charge in [-0.25, -0.2) is 0 Å². The second-order valence-corrected chi connectivity index (χ2v) is 4.66. The van der Waals surface area contributed by atoms with E-state index in [4.69, 9.17) is 10.5 Å². The lowest BCUT2D eigenvalue weighted by molar-refractivity contribution is 0.0916. The minimum absolute atomic E-state index is 0.0565. The van der Waals surface area contributed by atoms with Gasteiger partial charge in [0.1, 0.15) is 5.75 Å². The van der Waals surface area contributed by atoms with Gasteiger partial charge in [-0.2, -0.15) is 0 Å². The van der Waals surface area contributed by atoms with Crippen molar-refractivity contribution in [2.75, 3.05) is 6.54 Å². The normalized spacial score (nSPS) is 12.5. The molecule has 0 saturated carbocycles. The summed E-state index contributed by atoms with van der Waals surface area (Å²) in [7, 11) is 0. The van der Waals surface area contributed by atoms with Gasteiger partial charge in [-0.15, -0.1) is 0 Å². The van der Waals surface area contributed by atoms with Crippen LogP contribution in [0.15, 0.2) is 18.5 Å². The van der Waals surface area contributed by atoms with Gasteiger partial charge in [-0.1, -0.05) is 13.3 Å². The first-order chi connectivity index (χ1) is 8.58. The molecule has 0 aliphatic carbocycles. The summed E-state index contributed by atoms with van der Waals surface area (Å²) in [5, 5.41) is 0. The summed E-state index contributed by atoms with van der Waals surface area (Å²) in [6.45, 7) is 6.30. The average molecular weight is 250 g/mol. The van der Waals surface area contributed by atoms with Crippen LogP contribution < -0.4 is 10.5 Å². The maximum atomic E-state index is 12.2. The molecule has 0 aliphatic heterocycles. The first kappa shape index (κ1) is 14.6. The maximum Gasteiger partial charge on any atom is 0.168 e. The van der Waals surface area contributed by atoms with Crippen LogP contribution in [0, 0.1) is 5.92 Å². The maximum absolute atomic E-state index is 12.2. The SMILES string of the molecule is CCCC(CN)C(=O)c1cncc(OC(C)C)c1. The van der Waals surface area contributed by atoms with Gasteiger partial charge >= 0.3 is 0 Å². The highest BCUT2D eigenvalue weighted by Gasteiger charge is 2.18. The molecular formula is C14H22N2O2. The standard InChI is InChI=1S/C14H22N2O2/c1-4-5-11(7-15)14(17)12-6-13(9-16-8-12)18-10(2)3/h6,8-11H,4-5,7,15H2,1-3H3. The third-order valence-electron chi connectivity index (χ3n) is 2.66. The predicted octanol–water partition coefficient (Wildman–Crippen LogP) is 2.43. The highest BCUT2D eigenvalue weighted by molar-refractivity contribution is 5.98. The zero-order chi connectivity index (χ0) is 13.5. The molecule has 1 rings (SSSR count). The van der Waals surface area contributed by atoms with Crippen molar-refractivity contribution in [1.82, 2.24) is 4.98 Å². The monoisotopic (exact) mass is 250 g/mol. The number of rotatable bonds is 7. The Bertz CT molecular complexity index is 391. The lowest BCUT2D eigenvalue weighted by Crippen LogP contribution is -2.23. The summed E-state index contributed by atoms with van der Waals surface area (Å²) < 4.78 is 5.53. The fourth-order valence-corrected chi connectivity index (χ4v) is 1.83. The fourth-order valence-electron chi connectivity index (χ4n) is 1.83. The Kier molecular flexibility index (Phi) is 5.78. The summed E-state index contributed by atoms with van der Waals surface area (Å²) in [6.07, 6.45) is 5.02. The minimum atomic E-state index is -0.119. The molecule has 1 aromatic heterocycles. The number of aromatic nitrogens is 1. The van der Waals surface area contributed by atoms with E-state index in [2.05, 4.69) is 4.98 Å². The van der Waals surface area contributed by atoms with E-state index in [0.717, 1.165) is 12.8 Å². The molecule has 1 atom stereocenters. The molecule has 4 heteroatoms. The molecule has 2 N–H and O–H groups in total. The molecule has 0 aliphatic rings. The van der Waals surface area contributed by atoms with E-state index < -0.39 is 0 Å². The lowest BCUT2D eigenvalue weighted by Gasteiger charge is -2.14. The quantitative estimate of drug-likeness (QED) is 0.755. The van der Waals surface area contributed by atoms with Crippen LogP contribution in [0.25, 0.3) is 0 Å². The number of hydrogen-bond acceptors (Lipinski definition) is 4. The summed E-state index contributed by atoms with van der Waals surface area (Å²) in [6, 6.07) is 1.74. The van der Waals surface area contributed by atoms with Crippen LogP contribution in [0.4, 0.5) is 0 Å². The lowest BCUT2D eigenvalue weighted by atomic mass is 9.94. The second-order valence-electron chi connectivity index (χ2n) is 4.66. The van der Waals surface area contributed by atoms with Gasteiger partial charge in [0.15, 0.2) is 5.78 Å². The number of ether oxygens (including phenoxy) is 1. The first-order valence-corrected chi connectivity index (χ1v) is 6.44. The van der Waals surface area contributed by atoms with Crippen LogP contribution >= 0.6 is 0 Å². The number of carbonyl (C=O) groups is 1. The van der Waals surface area contributed by atoms with E-state index in [1.54, 1.807) is 18.5 Å². The van der Waals surface area contributed by atoms with Crippen molar-refractivity contribution in [2.45, 2.75) is 39.7 Å². The number of ketones is 1. The topological polar surface area (TPSA) is 65.2 Å². The zero-order valence-corrected chi connectivity index (χ0v) is 11.3. The molecule has 100 valence electrons. The van der Waals surface area contributed by atoms with E-state index in [-0.39, 0.29) is 17.8 Å². The van der Waals surface area contributed by atoms with Crippen molar-refractivity contribution in [3.8, 4) is 5.75 Å². The van der Waals surface area contributed by atoms with Crippen molar-refractivity contribution in [3.05, 3.63) is 24.0 Å². The zero-order valence-electron chi connectivity index (χ0n) is 11.3. The molecule has 18 heavy (non-hydrogen) atoms. The Morgan fingerprint density at radius 2 is 2.17 bits per heavy atom. The van der Waals surface area contributed by atoms with Crippen molar-refractivity contribution in [3.63, 3.8) is 0 Å². The number of pyridine rings is 1. The molecule has 0 spiro atoms. The van der Waals surface area contributed by atoms with Crippen LogP contribution in [0.5, 0.6) is 5.75 Å². The largest absolute Gasteiger partial charge is 0.489 e. The molecule has 0 radical (unpaired) electrons. The number of carbonyl (C=O) groups excluding carboxylic acids is 1. The Labute approximate surface area is 109 Å². The van der Waals surface area contributed by atoms with Crippen molar-refractivity contribution in [1.29, 1.82) is 0 Å². The van der Waals surface area contributed by atoms with Crippen LogP contribution in [-0.2, 0) is 0 Å². The van der Waals surface area contributed by atoms with Gasteiger partial charge in [0.25, 0.3) is 0 Å². The van der Waals surface area contributed by atoms with Crippen LogP contribution in [0.1, 0.15) is 44.0 Å². The molecule has 0 fully saturated rings. The van der Waals surface area contributed by atoms with Crippen molar-refractivity contribution in [2.24, 2.45) is 11.7 Å². The van der Waals surface area contributed by atoms with Gasteiger partial charge in [0, 0.05) is 24.2 Å². The molecule has 1 unspecified atom stereocenters. The smallest absolute Gasteiger partial charge is 0.168 e. The molecule has 4 nitrogen and oxygen atoms in total. The van der Waals surface area contributed by atoms with Crippen LogP contribution in [-0.4, -0.2) is 23.4 Å². The molecule has 0 aromatic carbocycles. The van der Waals surface area contributed by atoms with E-state index in [1.807, 2.05) is 20.8 Å². The van der Waals surface area contributed by atoms with Gasteiger partial charge in [0.05, 0.1) is 12.3 Å². The fraction of sp³-hybridized carbons (Fsp3) is 0.571. The number of Topliss-reactive ketones (excluding diaryl/α,β-unsaturated/α-hetero) is 1. The Morgan fingerprint density at radius 3 is 2.72 bits per heavy atom. The van der Waals surface area contributed by atoms with Crippen LogP contribution in [0.2, 0.25) is 0 Å². The summed E-state index contributed by atoms with van der Waals surface area (Å²) in [5.41, 5.74) is 6.22. The number of nitrogens with zero attached hydrogens (tertiary/aromatic N) is 1. The van der Waals surface area contributed by atoms with E-state index in [1.165, 1.54) is 0 Å². The third kappa shape index (κ3) is 4.11. The van der Waals surface area contributed by atoms with E-state index in [0.29, 0.717) is 17.9 Å². The van der Waals surface area contributed by atoms with E-state index >= 15 is 0 Å². The number of hydrogen-bond donors (Lipinski definition) is 1. The minimum Gasteiger partial charge on any atom is -0.489 e. The molecular weight excluding hydrogens is 228 g/mol. The first-order valence-electron chi connectivity index (χ1n) is 6.44. The van der Waals surface area contributed by atoms with Crippen LogP contribution in [0.3, 0.4) is 0 Å². The Hall–Kier alpha value is -1.42. The van der Waals surface area contributed by atoms with Gasteiger partial charge in [-0.05, 0) is 26.3 Å². The summed E-state index contributed by atoms with van der Waals surface area (Å²) in [5.74, 6) is 0.565. The Balaban J connectivity index is 2.84. The molecule has 1 aromatic rings. The number of nitrogens with two attached hydrogens (primary N) is 1. The molecule has 0 bridgehead atoms. The van der Waals surface area contributed by atoms with Crippen molar-refractivity contribution >= 4 is 5.78 Å². The highest BCUT2D eigenvalue weighted by atomic mass is 16.5. The Morgan fingerprint density at radius 1 is 1.44 bits per heavy atom. The second kappa shape index (κ2) is 7.11. The molecule has 0 amide bonds. The van der Waals surface area contributed by atoms with Crippen molar-refractivity contribution < 1.29 is 9.53 Å². The average Bonchev–Trinajstić information content (AvgIpc) is 2.34. The van der Waals surface area contributed by atoms with E-state index in [9.17, 15) is 4.79 Å². The molecule has 0 saturated heterocycles. The van der Waals surface area contributed by atoms with Gasteiger partial charge in [-0.3, -0.25) is 9.78 Å². The van der Waals surface area contributed by atoms with Gasteiger partial charge < -0.3 is 10.5 Å². The van der Waals surface area contributed by atoms with Gasteiger partial charge in [0.2, 0.25) is 0 Å². The third-order valence-corrected chi connectivity index (χ3v) is 2.66. The summed E-state index contributed by atoms with van der Waals surface area (Å²) >= 11 is 0.